The summed E-state index contributed by atoms with van der Waals surface area (Å²) in [4.78, 5) is 4.24. The highest BCUT2D eigenvalue weighted by Crippen LogP contribution is 2.13. The number of nitrogen functional groups attached to an aromatic ring is 1. The Kier molecular flexibility index (Phi) is 4.37. The van der Waals surface area contributed by atoms with E-state index in [0.717, 1.165) is 30.2 Å². The minimum absolute atomic E-state index is 0.458. The summed E-state index contributed by atoms with van der Waals surface area (Å²) in [6.07, 6.45) is 1.78. The second kappa shape index (κ2) is 5.56. The number of methoxy groups -OCH3 is 1. The monoisotopic (exact) mass is 209 g/mol. The molecule has 4 heteroatoms. The fourth-order valence-corrected chi connectivity index (χ4v) is 1.26. The third-order valence-electron chi connectivity index (χ3n) is 2.23. The van der Waals surface area contributed by atoms with E-state index in [1.165, 1.54) is 0 Å². The smallest absolute Gasteiger partial charge is 0.127 e. The molecule has 0 spiro atoms. The van der Waals surface area contributed by atoms with Crippen molar-refractivity contribution >= 4 is 11.5 Å². The van der Waals surface area contributed by atoms with E-state index in [1.807, 2.05) is 13.0 Å². The zero-order valence-electron chi connectivity index (χ0n) is 9.58. The van der Waals surface area contributed by atoms with Gasteiger partial charge in [0.25, 0.3) is 0 Å². The van der Waals surface area contributed by atoms with Crippen LogP contribution in [0.15, 0.2) is 12.3 Å². The van der Waals surface area contributed by atoms with Crippen LogP contribution in [0.3, 0.4) is 0 Å². The standard InChI is InChI=1S/C11H19N3O/c1-8(7-15-3)5-13-11-4-10(12)9(2)6-14-11/h4,6,8H,5,7H2,1-3H3,(H3,12,13,14). The Balaban J connectivity index is 2.47. The molecule has 0 radical (unpaired) electrons. The highest BCUT2D eigenvalue weighted by atomic mass is 16.5. The molecular weight excluding hydrogens is 190 g/mol. The van der Waals surface area contributed by atoms with Gasteiger partial charge in [0.15, 0.2) is 0 Å². The molecule has 1 aromatic rings. The van der Waals surface area contributed by atoms with Crippen molar-refractivity contribution in [1.82, 2.24) is 4.98 Å². The van der Waals surface area contributed by atoms with Crippen molar-refractivity contribution in [1.29, 1.82) is 0 Å². The van der Waals surface area contributed by atoms with E-state index in [2.05, 4.69) is 17.2 Å². The Bertz CT molecular complexity index is 315. The van der Waals surface area contributed by atoms with E-state index in [0.29, 0.717) is 5.92 Å². The molecule has 0 saturated carbocycles. The lowest BCUT2D eigenvalue weighted by Crippen LogP contribution is -2.16. The van der Waals surface area contributed by atoms with Crippen LogP contribution in [0.4, 0.5) is 11.5 Å². The molecule has 1 heterocycles. The van der Waals surface area contributed by atoms with Crippen molar-refractivity contribution in [2.24, 2.45) is 5.92 Å². The summed E-state index contributed by atoms with van der Waals surface area (Å²) in [5.41, 5.74) is 7.56. The first-order valence-corrected chi connectivity index (χ1v) is 5.08. The van der Waals surface area contributed by atoms with Crippen LogP contribution in [0.25, 0.3) is 0 Å². The fraction of sp³-hybridized carbons (Fsp3) is 0.545. The summed E-state index contributed by atoms with van der Waals surface area (Å²) in [5.74, 6) is 1.28. The third-order valence-corrected chi connectivity index (χ3v) is 2.23. The van der Waals surface area contributed by atoms with Gasteiger partial charge in [0, 0.05) is 31.6 Å². The van der Waals surface area contributed by atoms with Crippen molar-refractivity contribution in [3.63, 3.8) is 0 Å². The zero-order chi connectivity index (χ0) is 11.3. The summed E-state index contributed by atoms with van der Waals surface area (Å²) in [6, 6.07) is 1.86. The van der Waals surface area contributed by atoms with Crippen LogP contribution < -0.4 is 11.1 Å². The van der Waals surface area contributed by atoms with E-state index in [4.69, 9.17) is 10.5 Å². The molecule has 4 nitrogen and oxygen atoms in total. The van der Waals surface area contributed by atoms with E-state index in [-0.39, 0.29) is 0 Å². The lowest BCUT2D eigenvalue weighted by Gasteiger charge is -2.12. The number of hydrogen-bond donors (Lipinski definition) is 2. The Morgan fingerprint density at radius 1 is 1.60 bits per heavy atom. The summed E-state index contributed by atoms with van der Waals surface area (Å²) >= 11 is 0. The number of aryl methyl sites for hydroxylation is 1. The third kappa shape index (κ3) is 3.75. The first-order chi connectivity index (χ1) is 7.13. The highest BCUT2D eigenvalue weighted by molar-refractivity contribution is 5.53. The van der Waals surface area contributed by atoms with Gasteiger partial charge in [-0.05, 0) is 18.4 Å². The van der Waals surface area contributed by atoms with Crippen molar-refractivity contribution in [3.8, 4) is 0 Å². The molecular formula is C11H19N3O. The molecule has 0 aliphatic carbocycles. The molecule has 1 atom stereocenters. The van der Waals surface area contributed by atoms with Gasteiger partial charge >= 0.3 is 0 Å². The van der Waals surface area contributed by atoms with Crippen LogP contribution in [0.5, 0.6) is 0 Å². The van der Waals surface area contributed by atoms with E-state index < -0.39 is 0 Å². The minimum atomic E-state index is 0.458. The molecule has 0 aliphatic heterocycles. The Labute approximate surface area is 90.8 Å². The van der Waals surface area contributed by atoms with E-state index in [1.54, 1.807) is 13.3 Å². The van der Waals surface area contributed by atoms with Crippen molar-refractivity contribution in [3.05, 3.63) is 17.8 Å². The maximum Gasteiger partial charge on any atom is 0.127 e. The quantitative estimate of drug-likeness (QED) is 0.774. The van der Waals surface area contributed by atoms with Crippen LogP contribution in [-0.2, 0) is 4.74 Å². The van der Waals surface area contributed by atoms with Crippen LogP contribution in [0.2, 0.25) is 0 Å². The summed E-state index contributed by atoms with van der Waals surface area (Å²) in [7, 11) is 1.71. The molecule has 0 bridgehead atoms. The van der Waals surface area contributed by atoms with Crippen LogP contribution in [-0.4, -0.2) is 25.2 Å². The predicted octanol–water partition coefficient (Wildman–Crippen LogP) is 1.67. The number of pyridine rings is 1. The molecule has 15 heavy (non-hydrogen) atoms. The molecule has 3 N–H and O–H groups in total. The second-order valence-corrected chi connectivity index (χ2v) is 3.87. The number of aromatic nitrogens is 1. The average Bonchev–Trinajstić information content (AvgIpc) is 2.20. The second-order valence-electron chi connectivity index (χ2n) is 3.87. The van der Waals surface area contributed by atoms with Crippen LogP contribution >= 0.6 is 0 Å². The largest absolute Gasteiger partial charge is 0.398 e. The van der Waals surface area contributed by atoms with Gasteiger partial charge in [-0.15, -0.1) is 0 Å². The van der Waals surface area contributed by atoms with Gasteiger partial charge in [-0.25, -0.2) is 4.98 Å². The Hall–Kier alpha value is -1.29. The highest BCUT2D eigenvalue weighted by Gasteiger charge is 2.02. The maximum absolute atomic E-state index is 5.78. The first kappa shape index (κ1) is 11.8. The number of anilines is 2. The lowest BCUT2D eigenvalue weighted by atomic mass is 10.2. The van der Waals surface area contributed by atoms with Gasteiger partial charge in [-0.3, -0.25) is 0 Å². The van der Waals surface area contributed by atoms with Crippen LogP contribution in [0, 0.1) is 12.8 Å². The van der Waals surface area contributed by atoms with Gasteiger partial charge in [0.1, 0.15) is 5.82 Å². The van der Waals surface area contributed by atoms with Crippen LogP contribution in [0.1, 0.15) is 12.5 Å². The molecule has 1 rings (SSSR count). The zero-order valence-corrected chi connectivity index (χ0v) is 9.58. The maximum atomic E-state index is 5.78. The topological polar surface area (TPSA) is 60.2 Å². The van der Waals surface area contributed by atoms with Crippen molar-refractivity contribution < 1.29 is 4.74 Å². The molecule has 1 unspecified atom stereocenters. The summed E-state index contributed by atoms with van der Waals surface area (Å²) < 4.78 is 5.05. The van der Waals surface area contributed by atoms with Gasteiger partial charge < -0.3 is 15.8 Å². The Morgan fingerprint density at radius 2 is 2.33 bits per heavy atom. The van der Waals surface area contributed by atoms with E-state index >= 15 is 0 Å². The fourth-order valence-electron chi connectivity index (χ4n) is 1.26. The Morgan fingerprint density at radius 3 is 2.93 bits per heavy atom. The summed E-state index contributed by atoms with van der Waals surface area (Å²) in [6.45, 7) is 5.64. The molecule has 0 aromatic carbocycles. The van der Waals surface area contributed by atoms with Gasteiger partial charge in [0.05, 0.1) is 6.61 Å². The number of rotatable bonds is 5. The number of nitrogens with two attached hydrogens (primary N) is 1. The van der Waals surface area contributed by atoms with E-state index in [9.17, 15) is 0 Å². The first-order valence-electron chi connectivity index (χ1n) is 5.08. The lowest BCUT2D eigenvalue weighted by molar-refractivity contribution is 0.164. The number of hydrogen-bond acceptors (Lipinski definition) is 4. The SMILES string of the molecule is COCC(C)CNc1cc(N)c(C)cn1. The molecule has 0 aliphatic rings. The minimum Gasteiger partial charge on any atom is -0.398 e. The number of nitrogens with zero attached hydrogens (tertiary/aromatic N) is 1. The molecule has 0 saturated heterocycles. The average molecular weight is 209 g/mol. The number of nitrogens with one attached hydrogen (secondary N) is 1. The van der Waals surface area contributed by atoms with Crippen molar-refractivity contribution in [2.45, 2.75) is 13.8 Å². The van der Waals surface area contributed by atoms with Gasteiger partial charge in [-0.1, -0.05) is 6.92 Å². The molecule has 84 valence electrons. The van der Waals surface area contributed by atoms with Crippen molar-refractivity contribution in [2.75, 3.05) is 31.3 Å². The number of ether oxygens (including phenoxy) is 1. The predicted molar refractivity (Wildman–Crippen MR) is 62.9 cm³/mol. The van der Waals surface area contributed by atoms with Gasteiger partial charge in [0.2, 0.25) is 0 Å². The molecule has 0 fully saturated rings. The molecule has 0 amide bonds. The van der Waals surface area contributed by atoms with Gasteiger partial charge in [-0.2, -0.15) is 0 Å². The normalized spacial score (nSPS) is 12.5. The summed E-state index contributed by atoms with van der Waals surface area (Å²) in [5, 5.41) is 3.23. The molecule has 1 aromatic heterocycles.